The first kappa shape index (κ1) is 17.2. The molecule has 1 aliphatic carbocycles. The molecule has 2 aliphatic rings. The molecular weight excluding hydrogens is 322 g/mol. The first-order chi connectivity index (χ1) is 11.3. The number of hydrogen-bond donors (Lipinski definition) is 0. The van der Waals surface area contributed by atoms with Crippen molar-refractivity contribution >= 4 is 11.6 Å². The number of fused-ring (bicyclic) bond motifs is 1. The first-order valence-electron chi connectivity index (χ1n) is 8.44. The Bertz CT molecular complexity index is 641. The van der Waals surface area contributed by atoms with Gasteiger partial charge in [-0.3, -0.25) is 4.79 Å². The molecule has 1 saturated carbocycles. The maximum absolute atomic E-state index is 14.4. The Morgan fingerprint density at radius 2 is 1.96 bits per heavy atom. The van der Waals surface area contributed by atoms with E-state index in [-0.39, 0.29) is 24.4 Å². The van der Waals surface area contributed by atoms with E-state index in [0.29, 0.717) is 32.2 Å². The van der Waals surface area contributed by atoms with E-state index in [9.17, 15) is 22.4 Å². The Hall–Kier alpha value is -1.59. The SMILES string of the molecule is Cc1cc(F)c2c(c1)CCCN2C(=O)C1CCCC(C(F)(F)F)C1. The third-order valence-corrected chi connectivity index (χ3v) is 5.14. The maximum Gasteiger partial charge on any atom is 0.391 e. The highest BCUT2D eigenvalue weighted by Crippen LogP contribution is 2.41. The van der Waals surface area contributed by atoms with E-state index in [1.807, 2.05) is 6.07 Å². The topological polar surface area (TPSA) is 20.3 Å². The molecule has 1 amide bonds. The van der Waals surface area contributed by atoms with Crippen LogP contribution in [-0.2, 0) is 11.2 Å². The van der Waals surface area contributed by atoms with Crippen LogP contribution in [0.3, 0.4) is 0 Å². The molecular formula is C18H21F4NO. The van der Waals surface area contributed by atoms with Gasteiger partial charge >= 0.3 is 6.18 Å². The summed E-state index contributed by atoms with van der Waals surface area (Å²) in [6.45, 7) is 2.16. The highest BCUT2D eigenvalue weighted by molar-refractivity contribution is 5.96. The van der Waals surface area contributed by atoms with E-state index >= 15 is 0 Å². The van der Waals surface area contributed by atoms with Crippen molar-refractivity contribution in [3.8, 4) is 0 Å². The van der Waals surface area contributed by atoms with E-state index < -0.39 is 23.8 Å². The molecule has 1 aromatic carbocycles. The highest BCUT2D eigenvalue weighted by atomic mass is 19.4. The second-order valence-corrected chi connectivity index (χ2v) is 6.95. The number of anilines is 1. The normalized spacial score (nSPS) is 24.6. The molecule has 0 bridgehead atoms. The summed E-state index contributed by atoms with van der Waals surface area (Å²) in [5, 5.41) is 0. The van der Waals surface area contributed by atoms with E-state index in [4.69, 9.17) is 0 Å². The van der Waals surface area contributed by atoms with Gasteiger partial charge in [0.25, 0.3) is 0 Å². The summed E-state index contributed by atoms with van der Waals surface area (Å²) in [7, 11) is 0. The van der Waals surface area contributed by atoms with Crippen molar-refractivity contribution in [1.82, 2.24) is 0 Å². The number of alkyl halides is 3. The number of hydrogen-bond acceptors (Lipinski definition) is 1. The Morgan fingerprint density at radius 1 is 1.21 bits per heavy atom. The number of aryl methyl sites for hydroxylation is 2. The Morgan fingerprint density at radius 3 is 2.67 bits per heavy atom. The number of benzene rings is 1. The summed E-state index contributed by atoms with van der Waals surface area (Å²) in [5.41, 5.74) is 1.83. The van der Waals surface area contributed by atoms with Crippen molar-refractivity contribution in [3.63, 3.8) is 0 Å². The Labute approximate surface area is 138 Å². The van der Waals surface area contributed by atoms with Crippen LogP contribution >= 0.6 is 0 Å². The fourth-order valence-electron chi connectivity index (χ4n) is 3.99. The van der Waals surface area contributed by atoms with Crippen molar-refractivity contribution in [2.24, 2.45) is 11.8 Å². The maximum atomic E-state index is 14.4. The van der Waals surface area contributed by atoms with Gasteiger partial charge in [-0.05, 0) is 56.2 Å². The molecule has 0 aromatic heterocycles. The van der Waals surface area contributed by atoms with Crippen LogP contribution in [0.2, 0.25) is 0 Å². The van der Waals surface area contributed by atoms with Gasteiger partial charge < -0.3 is 4.90 Å². The summed E-state index contributed by atoms with van der Waals surface area (Å²) in [6.07, 6.45) is -2.13. The molecule has 1 heterocycles. The van der Waals surface area contributed by atoms with Gasteiger partial charge in [0.1, 0.15) is 5.82 Å². The zero-order valence-corrected chi connectivity index (χ0v) is 13.6. The van der Waals surface area contributed by atoms with Crippen LogP contribution in [0.4, 0.5) is 23.2 Å². The van der Waals surface area contributed by atoms with Crippen LogP contribution < -0.4 is 4.90 Å². The fourth-order valence-corrected chi connectivity index (χ4v) is 3.99. The molecule has 0 N–H and O–H groups in total. The van der Waals surface area contributed by atoms with E-state index in [2.05, 4.69) is 0 Å². The van der Waals surface area contributed by atoms with E-state index in [0.717, 1.165) is 11.1 Å². The molecule has 2 atom stereocenters. The molecule has 1 aromatic rings. The third-order valence-electron chi connectivity index (χ3n) is 5.14. The molecule has 24 heavy (non-hydrogen) atoms. The van der Waals surface area contributed by atoms with Gasteiger partial charge in [0, 0.05) is 12.5 Å². The lowest BCUT2D eigenvalue weighted by Crippen LogP contribution is -2.43. The lowest BCUT2D eigenvalue weighted by molar-refractivity contribution is -0.186. The van der Waals surface area contributed by atoms with Crippen LogP contribution in [0.25, 0.3) is 0 Å². The summed E-state index contributed by atoms with van der Waals surface area (Å²) < 4.78 is 53.4. The fraction of sp³-hybridized carbons (Fsp3) is 0.611. The van der Waals surface area contributed by atoms with Gasteiger partial charge in [-0.1, -0.05) is 12.5 Å². The van der Waals surface area contributed by atoms with Gasteiger partial charge in [0.2, 0.25) is 5.91 Å². The van der Waals surface area contributed by atoms with E-state index in [1.165, 1.54) is 11.0 Å². The average Bonchev–Trinajstić information content (AvgIpc) is 2.52. The minimum Gasteiger partial charge on any atom is -0.309 e. The number of carbonyl (C=O) groups excluding carboxylic acids is 1. The van der Waals surface area contributed by atoms with E-state index in [1.54, 1.807) is 6.92 Å². The van der Waals surface area contributed by atoms with Crippen molar-refractivity contribution in [2.45, 2.75) is 51.6 Å². The van der Waals surface area contributed by atoms with Gasteiger partial charge in [-0.25, -0.2) is 4.39 Å². The predicted molar refractivity (Wildman–Crippen MR) is 83.3 cm³/mol. The lowest BCUT2D eigenvalue weighted by atomic mass is 9.80. The predicted octanol–water partition coefficient (Wildman–Crippen LogP) is 4.78. The van der Waals surface area contributed by atoms with Crippen molar-refractivity contribution < 1.29 is 22.4 Å². The molecule has 0 saturated heterocycles. The monoisotopic (exact) mass is 343 g/mol. The van der Waals surface area contributed by atoms with Crippen molar-refractivity contribution in [2.75, 3.05) is 11.4 Å². The molecule has 2 nitrogen and oxygen atoms in total. The van der Waals surface area contributed by atoms with Gasteiger partial charge in [0.05, 0.1) is 11.6 Å². The number of amides is 1. The minimum atomic E-state index is -4.26. The van der Waals surface area contributed by atoms with Crippen molar-refractivity contribution in [3.05, 3.63) is 29.1 Å². The Kier molecular flexibility index (Phi) is 4.58. The molecule has 3 rings (SSSR count). The average molecular weight is 343 g/mol. The molecule has 0 spiro atoms. The second-order valence-electron chi connectivity index (χ2n) is 6.95. The van der Waals surface area contributed by atoms with Crippen LogP contribution in [0.5, 0.6) is 0 Å². The van der Waals surface area contributed by atoms with Gasteiger partial charge in [0.15, 0.2) is 0 Å². The number of halogens is 4. The molecule has 1 aliphatic heterocycles. The lowest BCUT2D eigenvalue weighted by Gasteiger charge is -2.36. The van der Waals surface area contributed by atoms with Gasteiger partial charge in [-0.15, -0.1) is 0 Å². The molecule has 0 radical (unpaired) electrons. The molecule has 2 unspecified atom stereocenters. The largest absolute Gasteiger partial charge is 0.391 e. The smallest absolute Gasteiger partial charge is 0.309 e. The highest BCUT2D eigenvalue weighted by Gasteiger charge is 2.44. The molecule has 1 fully saturated rings. The summed E-state index contributed by atoms with van der Waals surface area (Å²) in [4.78, 5) is 14.2. The zero-order valence-electron chi connectivity index (χ0n) is 13.6. The van der Waals surface area contributed by atoms with Crippen LogP contribution in [0.15, 0.2) is 12.1 Å². The number of nitrogens with zero attached hydrogens (tertiary/aromatic N) is 1. The standard InChI is InChI=1S/C18H21F4NO/c1-11-8-12-5-3-7-23(16(12)15(19)9-11)17(24)13-4-2-6-14(10-13)18(20,21)22/h8-9,13-14H,2-7,10H2,1H3. The van der Waals surface area contributed by atoms with Crippen molar-refractivity contribution in [1.29, 1.82) is 0 Å². The summed E-state index contributed by atoms with van der Waals surface area (Å²) in [5.74, 6) is -2.90. The number of rotatable bonds is 1. The van der Waals surface area contributed by atoms with Gasteiger partial charge in [-0.2, -0.15) is 13.2 Å². The van der Waals surface area contributed by atoms with Crippen LogP contribution in [-0.4, -0.2) is 18.6 Å². The van der Waals surface area contributed by atoms with Crippen LogP contribution in [0, 0.1) is 24.6 Å². The first-order valence-corrected chi connectivity index (χ1v) is 8.44. The number of carbonyl (C=O) groups is 1. The zero-order chi connectivity index (χ0) is 17.5. The summed E-state index contributed by atoms with van der Waals surface area (Å²) in [6, 6.07) is 3.24. The van der Waals surface area contributed by atoms with Crippen LogP contribution in [0.1, 0.15) is 43.2 Å². The summed E-state index contributed by atoms with van der Waals surface area (Å²) >= 11 is 0. The quantitative estimate of drug-likeness (QED) is 0.672. The Balaban J connectivity index is 1.84. The molecule has 6 heteroatoms. The second kappa shape index (κ2) is 6.37. The minimum absolute atomic E-state index is 0.0808. The third kappa shape index (κ3) is 3.28. The molecule has 132 valence electrons.